The van der Waals surface area contributed by atoms with Crippen LogP contribution < -0.4 is 0 Å². The number of hydrogen-bond acceptors (Lipinski definition) is 12. The summed E-state index contributed by atoms with van der Waals surface area (Å²) in [5, 5.41) is 76.8. The van der Waals surface area contributed by atoms with Gasteiger partial charge in [-0.2, -0.15) is 0 Å². The van der Waals surface area contributed by atoms with Gasteiger partial charge in [0.05, 0.1) is 26.1 Å². The van der Waals surface area contributed by atoms with Crippen LogP contribution in [-0.2, 0) is 28.8 Å². The van der Waals surface area contributed by atoms with Crippen molar-refractivity contribution in [1.82, 2.24) is 0 Å². The van der Waals surface area contributed by atoms with Crippen molar-refractivity contribution in [3.8, 4) is 0 Å². The van der Waals surface area contributed by atoms with Crippen molar-refractivity contribution in [2.45, 2.75) is 424 Å². The van der Waals surface area contributed by atoms with Crippen LogP contribution in [0.15, 0.2) is 0 Å². The quantitative estimate of drug-likeness (QED) is 0.0208. The van der Waals surface area contributed by atoms with Crippen LogP contribution >= 0.6 is 0 Å². The van der Waals surface area contributed by atoms with Gasteiger partial charge in [0.15, 0.2) is 23.1 Å². The molecule has 0 radical (unpaired) electrons. The zero-order chi connectivity index (χ0) is 66.0. The highest BCUT2D eigenvalue weighted by Gasteiger charge is 2.49. The van der Waals surface area contributed by atoms with Crippen LogP contribution in [0.2, 0.25) is 0 Å². The number of unbranched alkanes of at least 4 members (excludes halogenated alkanes) is 48. The van der Waals surface area contributed by atoms with Gasteiger partial charge in [-0.3, -0.25) is 28.8 Å². The number of carboxylic acid groups (broad SMARTS) is 2. The molecular weight excluding hydrogens is 1110 g/mol. The molecule has 14 nitrogen and oxygen atoms in total. The van der Waals surface area contributed by atoms with Crippen LogP contribution in [0.25, 0.3) is 0 Å². The molecule has 0 spiro atoms. The Morgan fingerprint density at radius 1 is 0.239 bits per heavy atom. The Morgan fingerprint density at radius 2 is 0.364 bits per heavy atom. The minimum absolute atomic E-state index is 0.0651. The minimum Gasteiger partial charge on any atom is -0.481 e. The molecule has 0 aliphatic heterocycles. The number of carbonyl (C=O) groups is 6. The van der Waals surface area contributed by atoms with Crippen molar-refractivity contribution in [3.05, 3.63) is 0 Å². The second-order valence-electron chi connectivity index (χ2n) is 25.9. The summed E-state index contributed by atoms with van der Waals surface area (Å²) < 4.78 is 0. The van der Waals surface area contributed by atoms with E-state index in [0.717, 1.165) is 77.0 Å². The van der Waals surface area contributed by atoms with E-state index >= 15 is 0 Å². The van der Waals surface area contributed by atoms with Gasteiger partial charge in [0.25, 0.3) is 0 Å². The van der Waals surface area contributed by atoms with E-state index in [0.29, 0.717) is 25.7 Å². The second kappa shape index (κ2) is 67.3. The molecule has 0 aliphatic rings. The molecular formula is C74H142O14. The molecule has 14 heteroatoms. The van der Waals surface area contributed by atoms with Crippen LogP contribution in [0, 0.1) is 0 Å². The van der Waals surface area contributed by atoms with E-state index in [4.69, 9.17) is 10.2 Å². The van der Waals surface area contributed by atoms with E-state index in [2.05, 4.69) is 27.7 Å². The fourth-order valence-corrected chi connectivity index (χ4v) is 11.5. The Labute approximate surface area is 539 Å². The minimum atomic E-state index is -2.47. The largest absolute Gasteiger partial charge is 0.481 e. The lowest BCUT2D eigenvalue weighted by atomic mass is 9.82. The molecule has 0 saturated carbocycles. The molecule has 0 saturated heterocycles. The Balaban J connectivity index is -0.00000146. The average Bonchev–Trinajstić information content (AvgIpc) is 1.88. The van der Waals surface area contributed by atoms with Crippen molar-refractivity contribution in [2.24, 2.45) is 0 Å². The predicted molar refractivity (Wildman–Crippen MR) is 362 cm³/mol. The normalized spacial score (nSPS) is 12.2. The first-order valence-corrected chi connectivity index (χ1v) is 37.1. The summed E-state index contributed by atoms with van der Waals surface area (Å²) in [4.78, 5) is 70.5. The van der Waals surface area contributed by atoms with Crippen LogP contribution in [-0.4, -0.2) is 113 Å². The first kappa shape index (κ1) is 89.6. The second-order valence-corrected chi connectivity index (χ2v) is 25.9. The number of aliphatic hydroxyl groups excluding tert-OH is 4. The number of aliphatic hydroxyl groups is 6. The Hall–Kier alpha value is -2.62. The molecule has 0 aromatic heterocycles. The summed E-state index contributed by atoms with van der Waals surface area (Å²) in [6, 6.07) is 0. The average molecular weight is 1260 g/mol. The first-order valence-electron chi connectivity index (χ1n) is 37.1. The molecule has 8 N–H and O–H groups in total. The number of carbonyl (C=O) groups excluding carboxylic acids is 4. The number of ketones is 4. The molecule has 88 heavy (non-hydrogen) atoms. The fraction of sp³-hybridized carbons (Fsp3) is 0.919. The molecule has 0 amide bonds. The summed E-state index contributed by atoms with van der Waals surface area (Å²) in [6.07, 6.45) is 58.2. The Morgan fingerprint density at radius 3 is 0.477 bits per heavy atom. The van der Waals surface area contributed by atoms with E-state index in [9.17, 15) is 59.4 Å². The topological polar surface area (TPSA) is 264 Å². The Kier molecular flexibility index (Phi) is 68.5. The third-order valence-corrected chi connectivity index (χ3v) is 17.6. The van der Waals surface area contributed by atoms with Gasteiger partial charge < -0.3 is 40.9 Å². The van der Waals surface area contributed by atoms with Crippen molar-refractivity contribution in [1.29, 1.82) is 0 Å². The van der Waals surface area contributed by atoms with Gasteiger partial charge in [-0.25, -0.2) is 0 Å². The SMILES string of the molecule is CCCCCCCCCCCCCCCC(=O)C(O)(C(=O)CCCCCCCCCCCCCCC)C(O)CO.CCCCCCCCCCCCCCCC(=O)C(O)(C(=O)CCCCCCCCCCCCCCC)C(O)CO.O=C(O)CCC(=O)O. The van der Waals surface area contributed by atoms with Gasteiger partial charge in [-0.05, 0) is 25.7 Å². The van der Waals surface area contributed by atoms with Gasteiger partial charge in [0, 0.05) is 25.7 Å². The van der Waals surface area contributed by atoms with E-state index in [1.54, 1.807) is 0 Å². The smallest absolute Gasteiger partial charge is 0.303 e. The molecule has 2 unspecified atom stereocenters. The number of Topliss-reactive ketones (excluding diaryl/α,β-unsaturated/α-hetero) is 4. The number of hydrogen-bond donors (Lipinski definition) is 8. The first-order chi connectivity index (χ1) is 42.5. The molecule has 0 heterocycles. The van der Waals surface area contributed by atoms with Gasteiger partial charge in [-0.15, -0.1) is 0 Å². The number of aliphatic carboxylic acids is 2. The highest BCUT2D eigenvalue weighted by Crippen LogP contribution is 2.25. The molecule has 522 valence electrons. The van der Waals surface area contributed by atoms with Gasteiger partial charge in [0.1, 0.15) is 12.2 Å². The highest BCUT2D eigenvalue weighted by molar-refractivity contribution is 6.11. The van der Waals surface area contributed by atoms with Crippen LogP contribution in [0.3, 0.4) is 0 Å². The predicted octanol–water partition coefficient (Wildman–Crippen LogP) is 18.3. The molecule has 0 aromatic carbocycles. The maximum Gasteiger partial charge on any atom is 0.303 e. The van der Waals surface area contributed by atoms with Crippen LogP contribution in [0.5, 0.6) is 0 Å². The molecule has 0 aliphatic carbocycles. The van der Waals surface area contributed by atoms with Crippen LogP contribution in [0.1, 0.15) is 400 Å². The zero-order valence-electron chi connectivity index (χ0n) is 57.6. The van der Waals surface area contributed by atoms with Crippen molar-refractivity contribution in [3.63, 3.8) is 0 Å². The van der Waals surface area contributed by atoms with E-state index in [1.807, 2.05) is 0 Å². The van der Waals surface area contributed by atoms with Crippen molar-refractivity contribution in [2.75, 3.05) is 13.2 Å². The lowest BCUT2D eigenvalue weighted by Crippen LogP contribution is -2.57. The lowest BCUT2D eigenvalue weighted by molar-refractivity contribution is -0.167. The van der Waals surface area contributed by atoms with E-state index < -0.39 is 71.7 Å². The summed E-state index contributed by atoms with van der Waals surface area (Å²) >= 11 is 0. The number of carboxylic acids is 2. The zero-order valence-corrected chi connectivity index (χ0v) is 57.6. The number of rotatable bonds is 67. The van der Waals surface area contributed by atoms with Gasteiger partial charge >= 0.3 is 11.9 Å². The van der Waals surface area contributed by atoms with Gasteiger partial charge in [-0.1, -0.05) is 336 Å². The molecule has 0 aromatic rings. The van der Waals surface area contributed by atoms with Crippen LogP contribution in [0.4, 0.5) is 0 Å². The molecule has 0 fully saturated rings. The third kappa shape index (κ3) is 54.0. The van der Waals surface area contributed by atoms with E-state index in [1.165, 1.54) is 231 Å². The highest BCUT2D eigenvalue weighted by atomic mass is 16.4. The third-order valence-electron chi connectivity index (χ3n) is 17.6. The molecule has 2 atom stereocenters. The Bertz CT molecular complexity index is 1390. The summed E-state index contributed by atoms with van der Waals surface area (Å²) in [7, 11) is 0. The summed E-state index contributed by atoms with van der Waals surface area (Å²) in [5.74, 6) is -4.72. The summed E-state index contributed by atoms with van der Waals surface area (Å²) in [6.45, 7) is 7.38. The molecule has 0 bridgehead atoms. The molecule has 0 rings (SSSR count). The monoisotopic (exact) mass is 1260 g/mol. The standard InChI is InChI=1S/2C35H68O5.C4H6O4/c2*1-3-5-7-9-11-13-15-17-19-21-23-25-27-29-32(37)35(40,34(39)31-36)33(38)30-28-26-24-22-20-18-16-14-12-10-8-6-4-2;5-3(6)1-2-4(7)8/h2*34,36,39-40H,3-31H2,1-2H3;1-2H2,(H,5,6)(H,7,8). The maximum absolute atomic E-state index is 12.8. The maximum atomic E-state index is 12.8. The van der Waals surface area contributed by atoms with E-state index in [-0.39, 0.29) is 38.5 Å². The van der Waals surface area contributed by atoms with Crippen molar-refractivity contribution >= 4 is 35.1 Å². The fourth-order valence-electron chi connectivity index (χ4n) is 11.5. The summed E-state index contributed by atoms with van der Waals surface area (Å²) in [5.41, 5.74) is -4.94. The van der Waals surface area contributed by atoms with Gasteiger partial charge in [0.2, 0.25) is 11.2 Å². The van der Waals surface area contributed by atoms with Crippen molar-refractivity contribution < 1.29 is 69.6 Å². The lowest BCUT2D eigenvalue weighted by Gasteiger charge is -2.29.